The molecule has 174 valence electrons. The summed E-state index contributed by atoms with van der Waals surface area (Å²) in [5.74, 6) is 0.178. The molecule has 3 aromatic heterocycles. The zero-order chi connectivity index (χ0) is 23.6. The Morgan fingerprint density at radius 3 is 2.53 bits per heavy atom. The summed E-state index contributed by atoms with van der Waals surface area (Å²) in [5, 5.41) is 8.23. The summed E-state index contributed by atoms with van der Waals surface area (Å²) in [7, 11) is 0. The van der Waals surface area contributed by atoms with Gasteiger partial charge in [-0.15, -0.1) is 0 Å². The Labute approximate surface area is 201 Å². The number of aryl methyl sites for hydroxylation is 2. The maximum absolute atomic E-state index is 13.5. The van der Waals surface area contributed by atoms with E-state index in [1.165, 1.54) is 0 Å². The number of ketones is 1. The van der Waals surface area contributed by atoms with E-state index in [1.807, 2.05) is 65.5 Å². The molecule has 0 aliphatic carbocycles. The van der Waals surface area contributed by atoms with E-state index < -0.39 is 0 Å². The third-order valence-electron chi connectivity index (χ3n) is 5.89. The SMILES string of the molecule is CCn1nc(-c2ccncc2)cc1CC(=O)[C@H](Cc1ccccc1)NCCCc1ccccn1. The molecule has 4 aromatic rings. The fourth-order valence-electron chi connectivity index (χ4n) is 4.08. The van der Waals surface area contributed by atoms with Crippen LogP contribution in [0.5, 0.6) is 0 Å². The van der Waals surface area contributed by atoms with E-state index in [2.05, 4.69) is 34.3 Å². The van der Waals surface area contributed by atoms with Crippen molar-refractivity contribution in [2.75, 3.05) is 6.54 Å². The molecule has 4 rings (SSSR count). The van der Waals surface area contributed by atoms with Gasteiger partial charge >= 0.3 is 0 Å². The van der Waals surface area contributed by atoms with Crippen molar-refractivity contribution in [3.05, 3.63) is 102 Å². The smallest absolute Gasteiger partial charge is 0.155 e. The first-order chi connectivity index (χ1) is 16.7. The average molecular weight is 454 g/mol. The quantitative estimate of drug-likeness (QED) is 0.324. The van der Waals surface area contributed by atoms with E-state index in [9.17, 15) is 4.79 Å². The minimum absolute atomic E-state index is 0.178. The highest BCUT2D eigenvalue weighted by atomic mass is 16.1. The molecule has 0 spiro atoms. The number of benzene rings is 1. The lowest BCUT2D eigenvalue weighted by atomic mass is 9.99. The van der Waals surface area contributed by atoms with Crippen LogP contribution in [0, 0.1) is 0 Å². The van der Waals surface area contributed by atoms with Crippen LogP contribution in [-0.2, 0) is 30.6 Å². The highest BCUT2D eigenvalue weighted by Gasteiger charge is 2.21. The minimum atomic E-state index is -0.254. The van der Waals surface area contributed by atoms with Gasteiger partial charge in [0.1, 0.15) is 0 Å². The van der Waals surface area contributed by atoms with Crippen molar-refractivity contribution in [1.29, 1.82) is 0 Å². The lowest BCUT2D eigenvalue weighted by Crippen LogP contribution is -2.40. The van der Waals surface area contributed by atoms with Crippen molar-refractivity contribution >= 4 is 5.78 Å². The molecule has 1 N–H and O–H groups in total. The Hall–Kier alpha value is -3.64. The van der Waals surface area contributed by atoms with Gasteiger partial charge in [0.05, 0.1) is 18.2 Å². The molecule has 0 bridgehead atoms. The van der Waals surface area contributed by atoms with Crippen molar-refractivity contribution in [1.82, 2.24) is 25.1 Å². The largest absolute Gasteiger partial charge is 0.307 e. The molecule has 6 heteroatoms. The minimum Gasteiger partial charge on any atom is -0.307 e. The Morgan fingerprint density at radius 2 is 1.79 bits per heavy atom. The van der Waals surface area contributed by atoms with E-state index in [0.717, 1.165) is 47.6 Å². The maximum Gasteiger partial charge on any atom is 0.155 e. The number of aromatic nitrogens is 4. The first-order valence-corrected chi connectivity index (χ1v) is 11.9. The summed E-state index contributed by atoms with van der Waals surface area (Å²) < 4.78 is 1.92. The summed E-state index contributed by atoms with van der Waals surface area (Å²) in [6.07, 6.45) is 8.16. The van der Waals surface area contributed by atoms with Crippen LogP contribution in [0.25, 0.3) is 11.3 Å². The van der Waals surface area contributed by atoms with Gasteiger partial charge in [0.15, 0.2) is 5.78 Å². The maximum atomic E-state index is 13.5. The first-order valence-electron chi connectivity index (χ1n) is 11.9. The summed E-state index contributed by atoms with van der Waals surface area (Å²) in [4.78, 5) is 21.9. The number of nitrogens with one attached hydrogen (secondary N) is 1. The van der Waals surface area contributed by atoms with Crippen LogP contribution in [-0.4, -0.2) is 38.1 Å². The zero-order valence-corrected chi connectivity index (χ0v) is 19.6. The van der Waals surface area contributed by atoms with Crippen LogP contribution in [0.2, 0.25) is 0 Å². The van der Waals surface area contributed by atoms with E-state index in [0.29, 0.717) is 19.4 Å². The number of carbonyl (C=O) groups is 1. The average Bonchev–Trinajstić information content (AvgIpc) is 3.30. The summed E-state index contributed by atoms with van der Waals surface area (Å²) in [5.41, 5.74) is 5.04. The number of hydrogen-bond donors (Lipinski definition) is 1. The third-order valence-corrected chi connectivity index (χ3v) is 5.89. The van der Waals surface area contributed by atoms with Crippen molar-refractivity contribution in [2.45, 2.75) is 45.2 Å². The van der Waals surface area contributed by atoms with Crippen LogP contribution in [0.4, 0.5) is 0 Å². The molecule has 0 amide bonds. The summed E-state index contributed by atoms with van der Waals surface area (Å²) >= 11 is 0. The highest BCUT2D eigenvalue weighted by Crippen LogP contribution is 2.19. The molecular weight excluding hydrogens is 422 g/mol. The van der Waals surface area contributed by atoms with Crippen LogP contribution < -0.4 is 5.32 Å². The van der Waals surface area contributed by atoms with Crippen molar-refractivity contribution in [3.8, 4) is 11.3 Å². The molecule has 0 saturated heterocycles. The monoisotopic (exact) mass is 453 g/mol. The lowest BCUT2D eigenvalue weighted by molar-refractivity contribution is -0.120. The lowest BCUT2D eigenvalue weighted by Gasteiger charge is -2.18. The second-order valence-corrected chi connectivity index (χ2v) is 8.34. The van der Waals surface area contributed by atoms with E-state index in [4.69, 9.17) is 5.10 Å². The molecule has 0 saturated carbocycles. The second kappa shape index (κ2) is 12.0. The third kappa shape index (κ3) is 6.45. The molecule has 0 aliphatic rings. The summed E-state index contributed by atoms with van der Waals surface area (Å²) in [6.45, 7) is 3.53. The first kappa shape index (κ1) is 23.5. The predicted molar refractivity (Wildman–Crippen MR) is 134 cm³/mol. The topological polar surface area (TPSA) is 72.7 Å². The van der Waals surface area contributed by atoms with Gasteiger partial charge in [0.25, 0.3) is 0 Å². The van der Waals surface area contributed by atoms with E-state index in [1.54, 1.807) is 12.4 Å². The Balaban J connectivity index is 1.44. The molecule has 0 aliphatic heterocycles. The van der Waals surface area contributed by atoms with Crippen LogP contribution in [0.3, 0.4) is 0 Å². The molecule has 0 radical (unpaired) electrons. The number of hydrogen-bond acceptors (Lipinski definition) is 5. The van der Waals surface area contributed by atoms with Crippen molar-refractivity contribution in [3.63, 3.8) is 0 Å². The number of nitrogens with zero attached hydrogens (tertiary/aromatic N) is 4. The number of pyridine rings is 2. The van der Waals surface area contributed by atoms with Gasteiger partial charge in [0, 0.05) is 42.1 Å². The van der Waals surface area contributed by atoms with Crippen LogP contribution in [0.15, 0.2) is 85.3 Å². The molecule has 0 fully saturated rings. The molecule has 1 atom stereocenters. The van der Waals surface area contributed by atoms with Gasteiger partial charge in [-0.1, -0.05) is 36.4 Å². The van der Waals surface area contributed by atoms with Gasteiger partial charge < -0.3 is 5.32 Å². The Morgan fingerprint density at radius 1 is 1.00 bits per heavy atom. The fourth-order valence-corrected chi connectivity index (χ4v) is 4.08. The summed E-state index contributed by atoms with van der Waals surface area (Å²) in [6, 6.07) is 21.8. The van der Waals surface area contributed by atoms with Gasteiger partial charge in [0.2, 0.25) is 0 Å². The molecule has 6 nitrogen and oxygen atoms in total. The Kier molecular flexibility index (Phi) is 8.30. The molecule has 0 unspecified atom stereocenters. The zero-order valence-electron chi connectivity index (χ0n) is 19.6. The van der Waals surface area contributed by atoms with Crippen LogP contribution >= 0.6 is 0 Å². The van der Waals surface area contributed by atoms with E-state index in [-0.39, 0.29) is 11.8 Å². The highest BCUT2D eigenvalue weighted by molar-refractivity contribution is 5.86. The molecule has 1 aromatic carbocycles. The molecular formula is C28H31N5O. The number of rotatable bonds is 12. The second-order valence-electron chi connectivity index (χ2n) is 8.34. The van der Waals surface area contributed by atoms with Crippen LogP contribution in [0.1, 0.15) is 30.3 Å². The number of carbonyl (C=O) groups excluding carboxylic acids is 1. The van der Waals surface area contributed by atoms with E-state index >= 15 is 0 Å². The Bertz CT molecular complexity index is 1160. The standard InChI is InChI=1S/C28H31N5O/c1-2-33-25(20-26(32-33)23-13-17-29-18-14-23)21-28(34)27(19-22-9-4-3-5-10-22)31-16-8-12-24-11-6-7-15-30-24/h3-7,9-11,13-15,17-18,20,27,31H,2,8,12,16,19,21H2,1H3/t27-/m0/s1. The fraction of sp³-hybridized carbons (Fsp3) is 0.286. The van der Waals surface area contributed by atoms with Crippen molar-refractivity contribution < 1.29 is 4.79 Å². The molecule has 3 heterocycles. The normalized spacial score (nSPS) is 11.9. The molecule has 34 heavy (non-hydrogen) atoms. The predicted octanol–water partition coefficient (Wildman–Crippen LogP) is 4.31. The van der Waals surface area contributed by atoms with Crippen molar-refractivity contribution in [2.24, 2.45) is 0 Å². The van der Waals surface area contributed by atoms with Gasteiger partial charge in [-0.2, -0.15) is 5.10 Å². The van der Waals surface area contributed by atoms with Gasteiger partial charge in [-0.25, -0.2) is 0 Å². The number of Topliss-reactive ketones (excluding diaryl/α,β-unsaturated/α-hetero) is 1. The van der Waals surface area contributed by atoms with Gasteiger partial charge in [-0.3, -0.25) is 19.4 Å². The van der Waals surface area contributed by atoms with Gasteiger partial charge in [-0.05, 0) is 68.6 Å².